The number of esters is 1. The quantitative estimate of drug-likeness (QED) is 0.493. The normalized spacial score (nSPS) is 13.2. The van der Waals surface area contributed by atoms with Crippen LogP contribution in [0.1, 0.15) is 5.56 Å². The maximum Gasteiger partial charge on any atom is 0.377 e. The minimum Gasteiger partial charge on any atom is -0.493 e. The number of anilines is 1. The Bertz CT molecular complexity index is 669. The molecule has 0 unspecified atom stereocenters. The molecule has 1 heterocycles. The van der Waals surface area contributed by atoms with E-state index in [9.17, 15) is 19.7 Å². The number of rotatable bonds is 5. The lowest BCUT2D eigenvalue weighted by molar-refractivity contribution is -0.384. The molecule has 1 aromatic rings. The van der Waals surface area contributed by atoms with Crippen molar-refractivity contribution in [3.05, 3.63) is 45.9 Å². The van der Waals surface area contributed by atoms with E-state index in [2.05, 4.69) is 5.32 Å². The molecule has 122 valence electrons. The van der Waals surface area contributed by atoms with E-state index in [1.807, 2.05) is 0 Å². The summed E-state index contributed by atoms with van der Waals surface area (Å²) >= 11 is 0. The zero-order valence-corrected chi connectivity index (χ0v) is 12.2. The number of nitrogens with one attached hydrogen (secondary N) is 1. The molecule has 2 rings (SSSR count). The van der Waals surface area contributed by atoms with Gasteiger partial charge in [-0.3, -0.25) is 14.9 Å². The summed E-state index contributed by atoms with van der Waals surface area (Å²) in [5.74, 6) is -1.56. The van der Waals surface area contributed by atoms with Gasteiger partial charge in [-0.2, -0.15) is 0 Å². The van der Waals surface area contributed by atoms with Crippen molar-refractivity contribution in [1.29, 1.82) is 0 Å². The summed E-state index contributed by atoms with van der Waals surface area (Å²) in [5, 5.41) is 13.2. The zero-order chi connectivity index (χ0) is 16.8. The third-order valence-electron chi connectivity index (χ3n) is 2.89. The molecule has 0 saturated carbocycles. The van der Waals surface area contributed by atoms with Crippen molar-refractivity contribution in [3.8, 4) is 0 Å². The average Bonchev–Trinajstić information content (AvgIpc) is 2.55. The summed E-state index contributed by atoms with van der Waals surface area (Å²) in [6.45, 7) is 1.69. The van der Waals surface area contributed by atoms with Crippen molar-refractivity contribution in [2.45, 2.75) is 6.92 Å². The predicted molar refractivity (Wildman–Crippen MR) is 77.4 cm³/mol. The first-order valence-electron chi connectivity index (χ1n) is 6.64. The molecular formula is C14H14N2O7. The summed E-state index contributed by atoms with van der Waals surface area (Å²) in [4.78, 5) is 33.5. The number of hydrogen-bond acceptors (Lipinski definition) is 7. The lowest BCUT2D eigenvalue weighted by Crippen LogP contribution is -2.24. The molecule has 1 aromatic carbocycles. The molecule has 0 fully saturated rings. The number of non-ortho nitro benzene ring substituents is 1. The first kappa shape index (κ1) is 16.3. The molecule has 1 aliphatic heterocycles. The van der Waals surface area contributed by atoms with Crippen LogP contribution in [0, 0.1) is 17.0 Å². The number of carbonyl (C=O) groups excluding carboxylic acids is 2. The molecule has 0 bridgehead atoms. The Morgan fingerprint density at radius 1 is 1.39 bits per heavy atom. The van der Waals surface area contributed by atoms with Gasteiger partial charge < -0.3 is 19.5 Å². The highest BCUT2D eigenvalue weighted by Crippen LogP contribution is 2.21. The summed E-state index contributed by atoms with van der Waals surface area (Å²) in [6.07, 6.45) is 1.12. The second kappa shape index (κ2) is 7.25. The Balaban J connectivity index is 1.92. The van der Waals surface area contributed by atoms with Crippen LogP contribution in [0.2, 0.25) is 0 Å². The van der Waals surface area contributed by atoms with Gasteiger partial charge in [-0.15, -0.1) is 0 Å². The second-order valence-corrected chi connectivity index (χ2v) is 4.58. The van der Waals surface area contributed by atoms with Crippen LogP contribution in [0.5, 0.6) is 0 Å². The van der Waals surface area contributed by atoms with Crippen LogP contribution < -0.4 is 5.32 Å². The van der Waals surface area contributed by atoms with Gasteiger partial charge in [0.2, 0.25) is 5.76 Å². The molecule has 1 amide bonds. The second-order valence-electron chi connectivity index (χ2n) is 4.58. The predicted octanol–water partition coefficient (Wildman–Crippen LogP) is 1.27. The molecular weight excluding hydrogens is 308 g/mol. The van der Waals surface area contributed by atoms with Crippen LogP contribution in [-0.2, 0) is 23.8 Å². The van der Waals surface area contributed by atoms with Crippen LogP contribution in [0.15, 0.2) is 30.2 Å². The maximum atomic E-state index is 11.8. The van der Waals surface area contributed by atoms with Crippen molar-refractivity contribution in [2.24, 2.45) is 0 Å². The molecule has 23 heavy (non-hydrogen) atoms. The molecule has 0 atom stereocenters. The highest BCUT2D eigenvalue weighted by atomic mass is 16.6. The van der Waals surface area contributed by atoms with Crippen molar-refractivity contribution in [2.75, 3.05) is 25.1 Å². The fraction of sp³-hybridized carbons (Fsp3) is 0.286. The smallest absolute Gasteiger partial charge is 0.377 e. The molecule has 1 aliphatic rings. The van der Waals surface area contributed by atoms with Crippen LogP contribution >= 0.6 is 0 Å². The average molecular weight is 322 g/mol. The van der Waals surface area contributed by atoms with Crippen molar-refractivity contribution in [1.82, 2.24) is 0 Å². The van der Waals surface area contributed by atoms with Gasteiger partial charge in [0.05, 0.1) is 10.6 Å². The SMILES string of the molecule is Cc1ccc([N+](=O)[O-])cc1NC(=O)COC(=O)C1=COCCO1. The number of ether oxygens (including phenoxy) is 3. The van der Waals surface area contributed by atoms with Crippen molar-refractivity contribution < 1.29 is 28.7 Å². The first-order valence-corrected chi connectivity index (χ1v) is 6.64. The molecule has 9 nitrogen and oxygen atoms in total. The van der Waals surface area contributed by atoms with Crippen LogP contribution in [0.3, 0.4) is 0 Å². The van der Waals surface area contributed by atoms with E-state index in [0.29, 0.717) is 12.2 Å². The van der Waals surface area contributed by atoms with Crippen LogP contribution in [0.25, 0.3) is 0 Å². The third kappa shape index (κ3) is 4.43. The molecule has 9 heteroatoms. The number of nitrogens with zero attached hydrogens (tertiary/aromatic N) is 1. The lowest BCUT2D eigenvalue weighted by Gasteiger charge is -2.14. The van der Waals surface area contributed by atoms with Gasteiger partial charge in [-0.05, 0) is 12.5 Å². The number of nitro groups is 1. The molecule has 0 saturated heterocycles. The van der Waals surface area contributed by atoms with Crippen LogP contribution in [0.4, 0.5) is 11.4 Å². The number of nitro benzene ring substituents is 1. The topological polar surface area (TPSA) is 117 Å². The number of aryl methyl sites for hydroxylation is 1. The highest BCUT2D eigenvalue weighted by molar-refractivity contribution is 5.95. The Morgan fingerprint density at radius 3 is 2.83 bits per heavy atom. The maximum absolute atomic E-state index is 11.8. The first-order chi connectivity index (χ1) is 11.0. The standard InChI is InChI=1S/C14H14N2O7/c1-9-2-3-10(16(19)20)6-11(9)15-13(17)8-23-14(18)12-7-21-4-5-22-12/h2-3,6-7H,4-5,8H2,1H3,(H,15,17). The molecule has 1 N–H and O–H groups in total. The van der Waals surface area contributed by atoms with E-state index >= 15 is 0 Å². The van der Waals surface area contributed by atoms with Crippen molar-refractivity contribution in [3.63, 3.8) is 0 Å². The highest BCUT2D eigenvalue weighted by Gasteiger charge is 2.18. The van der Waals surface area contributed by atoms with Gasteiger partial charge in [0, 0.05) is 12.1 Å². The third-order valence-corrected chi connectivity index (χ3v) is 2.89. The molecule has 0 spiro atoms. The lowest BCUT2D eigenvalue weighted by atomic mass is 10.2. The van der Waals surface area contributed by atoms with E-state index in [1.54, 1.807) is 6.92 Å². The summed E-state index contributed by atoms with van der Waals surface area (Å²) in [5.41, 5.74) is 0.763. The fourth-order valence-corrected chi connectivity index (χ4v) is 1.72. The van der Waals surface area contributed by atoms with E-state index in [0.717, 1.165) is 6.26 Å². The minimum atomic E-state index is -0.824. The number of amides is 1. The largest absolute Gasteiger partial charge is 0.493 e. The van der Waals surface area contributed by atoms with Crippen molar-refractivity contribution >= 4 is 23.3 Å². The van der Waals surface area contributed by atoms with Gasteiger partial charge >= 0.3 is 5.97 Å². The number of carbonyl (C=O) groups is 2. The molecule has 0 aromatic heterocycles. The fourth-order valence-electron chi connectivity index (χ4n) is 1.72. The monoisotopic (exact) mass is 322 g/mol. The van der Waals surface area contributed by atoms with Gasteiger partial charge in [0.25, 0.3) is 11.6 Å². The van der Waals surface area contributed by atoms with E-state index in [-0.39, 0.29) is 23.7 Å². The van der Waals surface area contributed by atoms with Gasteiger partial charge in [-0.25, -0.2) is 4.79 Å². The number of benzene rings is 1. The van der Waals surface area contributed by atoms with Gasteiger partial charge in [0.15, 0.2) is 6.61 Å². The number of hydrogen-bond donors (Lipinski definition) is 1. The summed E-state index contributed by atoms with van der Waals surface area (Å²) in [6, 6.07) is 4.07. The minimum absolute atomic E-state index is 0.115. The van der Waals surface area contributed by atoms with Gasteiger partial charge in [0.1, 0.15) is 19.5 Å². The van der Waals surface area contributed by atoms with Gasteiger partial charge in [-0.1, -0.05) is 6.07 Å². The Hall–Kier alpha value is -3.10. The molecule has 0 radical (unpaired) electrons. The zero-order valence-electron chi connectivity index (χ0n) is 12.2. The summed E-state index contributed by atoms with van der Waals surface area (Å²) < 4.78 is 14.7. The van der Waals surface area contributed by atoms with E-state index in [1.165, 1.54) is 18.2 Å². The molecule has 0 aliphatic carbocycles. The Labute approximate surface area is 131 Å². The Morgan fingerprint density at radius 2 is 2.17 bits per heavy atom. The van der Waals surface area contributed by atoms with E-state index < -0.39 is 23.4 Å². The summed E-state index contributed by atoms with van der Waals surface area (Å²) in [7, 11) is 0. The Kier molecular flexibility index (Phi) is 5.13. The van der Waals surface area contributed by atoms with E-state index in [4.69, 9.17) is 14.2 Å². The van der Waals surface area contributed by atoms with Crippen LogP contribution in [-0.4, -0.2) is 36.6 Å².